The van der Waals surface area contributed by atoms with Gasteiger partial charge >= 0.3 is 0 Å². The molecule has 1 aliphatic carbocycles. The summed E-state index contributed by atoms with van der Waals surface area (Å²) in [5.41, 5.74) is 0. The zero-order chi connectivity index (χ0) is 12.1. The summed E-state index contributed by atoms with van der Waals surface area (Å²) in [6, 6.07) is 1.09. The maximum atomic E-state index is 11.7. The molecule has 3 heteroatoms. The zero-order valence-corrected chi connectivity index (χ0v) is 11.0. The first-order chi connectivity index (χ1) is 8.29. The van der Waals surface area contributed by atoms with Crippen LogP contribution in [0, 0.1) is 5.92 Å². The highest BCUT2D eigenvalue weighted by molar-refractivity contribution is 5.76. The molecule has 3 nitrogen and oxygen atoms in total. The topological polar surface area (TPSA) is 41.1 Å². The van der Waals surface area contributed by atoms with Gasteiger partial charge in [-0.1, -0.05) is 19.8 Å². The summed E-state index contributed by atoms with van der Waals surface area (Å²) in [6.45, 7) is 3.35. The van der Waals surface area contributed by atoms with E-state index >= 15 is 0 Å². The fraction of sp³-hybridized carbons (Fsp3) is 0.929. The summed E-state index contributed by atoms with van der Waals surface area (Å²) in [6.07, 6.45) is 9.29. The minimum absolute atomic E-state index is 0.265. The second-order valence-electron chi connectivity index (χ2n) is 5.64. The van der Waals surface area contributed by atoms with Gasteiger partial charge in [-0.2, -0.15) is 0 Å². The first-order valence-electron chi connectivity index (χ1n) is 7.32. The Kier molecular flexibility index (Phi) is 4.84. The predicted octanol–water partition coefficient (Wildman–Crippen LogP) is 2.21. The van der Waals surface area contributed by atoms with Crippen molar-refractivity contribution in [3.8, 4) is 0 Å². The Labute approximate surface area is 105 Å². The van der Waals surface area contributed by atoms with Crippen LogP contribution in [-0.2, 0) is 4.79 Å². The van der Waals surface area contributed by atoms with Crippen molar-refractivity contribution < 1.29 is 4.79 Å². The minimum Gasteiger partial charge on any atom is -0.353 e. The van der Waals surface area contributed by atoms with Crippen molar-refractivity contribution in [2.75, 3.05) is 6.54 Å². The summed E-state index contributed by atoms with van der Waals surface area (Å²) in [7, 11) is 0. The molecule has 1 saturated carbocycles. The Bertz CT molecular complexity index is 249. The van der Waals surface area contributed by atoms with E-state index in [0.29, 0.717) is 18.5 Å². The molecule has 0 radical (unpaired) electrons. The molecule has 0 aromatic carbocycles. The van der Waals surface area contributed by atoms with Crippen LogP contribution < -0.4 is 10.6 Å². The molecule has 17 heavy (non-hydrogen) atoms. The lowest BCUT2D eigenvalue weighted by Gasteiger charge is -2.23. The van der Waals surface area contributed by atoms with Gasteiger partial charge in [-0.3, -0.25) is 4.79 Å². The van der Waals surface area contributed by atoms with Crippen molar-refractivity contribution in [2.24, 2.45) is 5.92 Å². The van der Waals surface area contributed by atoms with Crippen molar-refractivity contribution >= 4 is 5.91 Å². The summed E-state index contributed by atoms with van der Waals surface area (Å²) < 4.78 is 0. The average molecular weight is 238 g/mol. The van der Waals surface area contributed by atoms with Gasteiger partial charge in [0.15, 0.2) is 0 Å². The lowest BCUT2D eigenvalue weighted by atomic mass is 10.0. The quantitative estimate of drug-likeness (QED) is 0.745. The van der Waals surface area contributed by atoms with Crippen LogP contribution in [0.25, 0.3) is 0 Å². The maximum Gasteiger partial charge on any atom is 0.220 e. The van der Waals surface area contributed by atoms with E-state index < -0.39 is 0 Å². The van der Waals surface area contributed by atoms with Gasteiger partial charge in [0, 0.05) is 18.5 Å². The number of carbonyl (C=O) groups excluding carboxylic acids is 1. The Hall–Kier alpha value is -0.570. The number of carbonyl (C=O) groups is 1. The second-order valence-corrected chi connectivity index (χ2v) is 5.64. The van der Waals surface area contributed by atoms with E-state index in [9.17, 15) is 4.79 Å². The van der Waals surface area contributed by atoms with Crippen molar-refractivity contribution in [1.29, 1.82) is 0 Å². The molecule has 2 aliphatic rings. The Morgan fingerprint density at radius 1 is 1.35 bits per heavy atom. The Morgan fingerprint density at radius 2 is 2.24 bits per heavy atom. The fourth-order valence-electron chi connectivity index (χ4n) is 2.87. The molecule has 98 valence electrons. The molecule has 3 atom stereocenters. The molecule has 0 aromatic rings. The van der Waals surface area contributed by atoms with Crippen molar-refractivity contribution in [1.82, 2.24) is 10.6 Å². The summed E-state index contributed by atoms with van der Waals surface area (Å²) in [5, 5.41) is 6.65. The molecule has 3 unspecified atom stereocenters. The molecule has 1 aliphatic heterocycles. The highest BCUT2D eigenvalue weighted by Crippen LogP contribution is 2.34. The van der Waals surface area contributed by atoms with Gasteiger partial charge in [-0.25, -0.2) is 0 Å². The molecule has 2 rings (SSSR count). The summed E-state index contributed by atoms with van der Waals surface area (Å²) >= 11 is 0. The van der Waals surface area contributed by atoms with E-state index in [0.717, 1.165) is 18.9 Å². The van der Waals surface area contributed by atoms with Gasteiger partial charge in [0.2, 0.25) is 5.91 Å². The standard InChI is InChI=1S/C14H26N2O/c1-2-5-11-10-13(11)16-14(17)8-7-12-6-3-4-9-15-12/h11-13,15H,2-10H2,1H3,(H,16,17). The van der Waals surface area contributed by atoms with Crippen LogP contribution in [0.2, 0.25) is 0 Å². The third-order valence-corrected chi connectivity index (χ3v) is 4.06. The second kappa shape index (κ2) is 6.39. The van der Waals surface area contributed by atoms with Crippen molar-refractivity contribution in [3.05, 3.63) is 0 Å². The van der Waals surface area contributed by atoms with Crippen LogP contribution in [0.5, 0.6) is 0 Å². The van der Waals surface area contributed by atoms with E-state index in [1.54, 1.807) is 0 Å². The highest BCUT2D eigenvalue weighted by atomic mass is 16.1. The number of hydrogen-bond donors (Lipinski definition) is 2. The van der Waals surface area contributed by atoms with E-state index in [1.165, 1.54) is 38.5 Å². The molecular formula is C14H26N2O. The van der Waals surface area contributed by atoms with Crippen LogP contribution in [0.4, 0.5) is 0 Å². The van der Waals surface area contributed by atoms with Gasteiger partial charge in [0.1, 0.15) is 0 Å². The number of amides is 1. The third kappa shape index (κ3) is 4.30. The van der Waals surface area contributed by atoms with Gasteiger partial charge in [0.25, 0.3) is 0 Å². The maximum absolute atomic E-state index is 11.7. The number of nitrogens with one attached hydrogen (secondary N) is 2. The normalized spacial score (nSPS) is 32.2. The summed E-state index contributed by atoms with van der Waals surface area (Å²) in [5.74, 6) is 1.04. The van der Waals surface area contributed by atoms with E-state index in [4.69, 9.17) is 0 Å². The molecule has 0 aromatic heterocycles. The highest BCUT2D eigenvalue weighted by Gasteiger charge is 2.36. The van der Waals surface area contributed by atoms with E-state index in [-0.39, 0.29) is 5.91 Å². The first-order valence-corrected chi connectivity index (χ1v) is 7.32. The smallest absolute Gasteiger partial charge is 0.220 e. The lowest BCUT2D eigenvalue weighted by molar-refractivity contribution is -0.121. The molecule has 0 bridgehead atoms. The monoisotopic (exact) mass is 238 g/mol. The predicted molar refractivity (Wildman–Crippen MR) is 69.8 cm³/mol. The van der Waals surface area contributed by atoms with E-state index in [2.05, 4.69) is 17.6 Å². The van der Waals surface area contributed by atoms with Gasteiger partial charge in [0.05, 0.1) is 0 Å². The van der Waals surface area contributed by atoms with Crippen LogP contribution in [0.3, 0.4) is 0 Å². The molecule has 2 fully saturated rings. The first kappa shape index (κ1) is 12.9. The van der Waals surface area contributed by atoms with Gasteiger partial charge < -0.3 is 10.6 Å². The molecular weight excluding hydrogens is 212 g/mol. The number of rotatable bonds is 6. The Balaban J connectivity index is 1.55. The number of hydrogen-bond acceptors (Lipinski definition) is 2. The SMILES string of the molecule is CCCC1CC1NC(=O)CCC1CCCCN1. The van der Waals surface area contributed by atoms with Gasteiger partial charge in [-0.05, 0) is 44.6 Å². The molecule has 2 N–H and O–H groups in total. The van der Waals surface area contributed by atoms with Crippen LogP contribution in [0.1, 0.15) is 58.3 Å². The van der Waals surface area contributed by atoms with Crippen LogP contribution in [-0.4, -0.2) is 24.5 Å². The largest absolute Gasteiger partial charge is 0.353 e. The molecule has 1 heterocycles. The fourth-order valence-corrected chi connectivity index (χ4v) is 2.87. The van der Waals surface area contributed by atoms with Crippen molar-refractivity contribution in [2.45, 2.75) is 70.4 Å². The van der Waals surface area contributed by atoms with Gasteiger partial charge in [-0.15, -0.1) is 0 Å². The summed E-state index contributed by atoms with van der Waals surface area (Å²) in [4.78, 5) is 11.7. The molecule has 1 amide bonds. The molecule has 0 spiro atoms. The zero-order valence-electron chi connectivity index (χ0n) is 11.0. The number of piperidine rings is 1. The third-order valence-electron chi connectivity index (χ3n) is 4.06. The molecule has 1 saturated heterocycles. The Morgan fingerprint density at radius 3 is 2.94 bits per heavy atom. The van der Waals surface area contributed by atoms with Crippen LogP contribution >= 0.6 is 0 Å². The minimum atomic E-state index is 0.265. The van der Waals surface area contributed by atoms with E-state index in [1.807, 2.05) is 0 Å². The van der Waals surface area contributed by atoms with Crippen molar-refractivity contribution in [3.63, 3.8) is 0 Å². The lowest BCUT2D eigenvalue weighted by Crippen LogP contribution is -2.35. The average Bonchev–Trinajstić information content (AvgIpc) is 3.06. The van der Waals surface area contributed by atoms with Crippen LogP contribution in [0.15, 0.2) is 0 Å².